The van der Waals surface area contributed by atoms with Crippen molar-refractivity contribution in [3.8, 4) is 5.75 Å². The van der Waals surface area contributed by atoms with Crippen LogP contribution < -0.4 is 4.74 Å². The van der Waals surface area contributed by atoms with Crippen molar-refractivity contribution in [2.75, 3.05) is 39.3 Å². The van der Waals surface area contributed by atoms with E-state index in [-0.39, 0.29) is 6.04 Å². The number of hydrogen-bond donors (Lipinski definition) is 1. The first kappa shape index (κ1) is 22.1. The molecule has 1 saturated heterocycles. The fourth-order valence-electron chi connectivity index (χ4n) is 5.27. The Kier molecular flexibility index (Phi) is 7.06. The Bertz CT molecular complexity index is 977. The van der Waals surface area contributed by atoms with E-state index in [1.807, 2.05) is 6.07 Å². The molecule has 1 aliphatic heterocycles. The number of β-amino-alcohol motifs (C(OH)–C–C–N with tert-alkyl or cyclic N) is 1. The maximum absolute atomic E-state index is 10.6. The molecule has 0 saturated carbocycles. The quantitative estimate of drug-likeness (QED) is 0.564. The van der Waals surface area contributed by atoms with E-state index < -0.39 is 6.10 Å². The molecule has 0 spiro atoms. The minimum atomic E-state index is -0.483. The van der Waals surface area contributed by atoms with Crippen LogP contribution in [0.25, 0.3) is 0 Å². The Hall–Kier alpha value is -2.66. The molecule has 33 heavy (non-hydrogen) atoms. The zero-order valence-corrected chi connectivity index (χ0v) is 19.3. The first-order valence-corrected chi connectivity index (χ1v) is 12.3. The molecule has 1 aliphatic carbocycles. The molecule has 0 amide bonds. The minimum absolute atomic E-state index is 0.266. The highest BCUT2D eigenvalue weighted by atomic mass is 16.5. The Morgan fingerprint density at radius 3 is 2.06 bits per heavy atom. The number of aliphatic hydroxyl groups is 1. The third-order valence-corrected chi connectivity index (χ3v) is 6.98. The van der Waals surface area contributed by atoms with Gasteiger partial charge < -0.3 is 9.84 Å². The highest BCUT2D eigenvalue weighted by Gasteiger charge is 2.27. The van der Waals surface area contributed by atoms with Crippen LogP contribution in [0.4, 0.5) is 0 Å². The molecule has 0 unspecified atom stereocenters. The number of ether oxygens (including phenoxy) is 1. The van der Waals surface area contributed by atoms with E-state index in [0.29, 0.717) is 13.2 Å². The highest BCUT2D eigenvalue weighted by Crippen LogP contribution is 2.29. The van der Waals surface area contributed by atoms with Crippen LogP contribution in [0, 0.1) is 0 Å². The summed E-state index contributed by atoms with van der Waals surface area (Å²) in [6.45, 7) is 4.85. The first-order valence-electron chi connectivity index (χ1n) is 12.3. The minimum Gasteiger partial charge on any atom is -0.491 e. The summed E-state index contributed by atoms with van der Waals surface area (Å²) in [5.74, 6) is 0.882. The van der Waals surface area contributed by atoms with Crippen molar-refractivity contribution in [1.29, 1.82) is 0 Å². The summed E-state index contributed by atoms with van der Waals surface area (Å²) in [5, 5.41) is 10.6. The SMILES string of the molecule is O[C@@H](COc1ccc2c(c1)CCC2)CN1CCN(C(c2ccccc2)c2ccccc2)CC1. The average Bonchev–Trinajstić information content (AvgIpc) is 3.33. The Morgan fingerprint density at radius 1 is 0.758 bits per heavy atom. The van der Waals surface area contributed by atoms with Crippen LogP contribution in [0.5, 0.6) is 5.75 Å². The van der Waals surface area contributed by atoms with Gasteiger partial charge in [-0.15, -0.1) is 0 Å². The van der Waals surface area contributed by atoms with Gasteiger partial charge in [-0.1, -0.05) is 66.7 Å². The van der Waals surface area contributed by atoms with E-state index in [4.69, 9.17) is 4.74 Å². The number of nitrogens with zero attached hydrogens (tertiary/aromatic N) is 2. The normalized spacial score (nSPS) is 17.8. The Morgan fingerprint density at radius 2 is 1.39 bits per heavy atom. The zero-order chi connectivity index (χ0) is 22.5. The van der Waals surface area contributed by atoms with Crippen molar-refractivity contribution in [2.45, 2.75) is 31.4 Å². The zero-order valence-electron chi connectivity index (χ0n) is 19.3. The molecule has 3 aromatic rings. The molecule has 4 nitrogen and oxygen atoms in total. The number of aliphatic hydroxyl groups excluding tert-OH is 1. The lowest BCUT2D eigenvalue weighted by Gasteiger charge is -2.40. The van der Waals surface area contributed by atoms with E-state index in [1.54, 1.807) is 0 Å². The molecule has 1 heterocycles. The largest absolute Gasteiger partial charge is 0.491 e. The molecule has 2 aliphatic rings. The number of aryl methyl sites for hydroxylation is 2. The van der Waals surface area contributed by atoms with Crippen LogP contribution in [0.1, 0.15) is 34.7 Å². The van der Waals surface area contributed by atoms with Gasteiger partial charge >= 0.3 is 0 Å². The van der Waals surface area contributed by atoms with Gasteiger partial charge in [0.25, 0.3) is 0 Å². The Labute approximate surface area is 197 Å². The van der Waals surface area contributed by atoms with E-state index >= 15 is 0 Å². The second-order valence-corrected chi connectivity index (χ2v) is 9.31. The van der Waals surface area contributed by atoms with Crippen molar-refractivity contribution >= 4 is 0 Å². The van der Waals surface area contributed by atoms with Crippen LogP contribution in [0.3, 0.4) is 0 Å². The number of benzene rings is 3. The van der Waals surface area contributed by atoms with Gasteiger partial charge in [0, 0.05) is 32.7 Å². The molecule has 1 fully saturated rings. The molecule has 4 heteroatoms. The molecular formula is C29H34N2O2. The van der Waals surface area contributed by atoms with Gasteiger partial charge in [-0.05, 0) is 53.6 Å². The lowest BCUT2D eigenvalue weighted by Crippen LogP contribution is -2.50. The number of hydrogen-bond acceptors (Lipinski definition) is 4. The first-order chi connectivity index (χ1) is 16.3. The van der Waals surface area contributed by atoms with Crippen molar-refractivity contribution in [3.05, 3.63) is 101 Å². The van der Waals surface area contributed by atoms with Gasteiger partial charge in [-0.2, -0.15) is 0 Å². The second-order valence-electron chi connectivity index (χ2n) is 9.31. The van der Waals surface area contributed by atoms with Crippen molar-refractivity contribution in [3.63, 3.8) is 0 Å². The molecule has 0 bridgehead atoms. The smallest absolute Gasteiger partial charge is 0.119 e. The Balaban J connectivity index is 1.14. The molecule has 0 radical (unpaired) electrons. The number of fused-ring (bicyclic) bond motifs is 1. The van der Waals surface area contributed by atoms with Crippen LogP contribution >= 0.6 is 0 Å². The van der Waals surface area contributed by atoms with Crippen molar-refractivity contribution < 1.29 is 9.84 Å². The summed E-state index contributed by atoms with van der Waals surface area (Å²) in [4.78, 5) is 4.93. The van der Waals surface area contributed by atoms with Gasteiger partial charge in [-0.25, -0.2) is 0 Å². The molecule has 3 aromatic carbocycles. The van der Waals surface area contributed by atoms with E-state index in [2.05, 4.69) is 82.6 Å². The van der Waals surface area contributed by atoms with Crippen LogP contribution in [-0.4, -0.2) is 60.3 Å². The molecule has 172 valence electrons. The summed E-state index contributed by atoms with van der Waals surface area (Å²) >= 11 is 0. The lowest BCUT2D eigenvalue weighted by atomic mass is 9.96. The van der Waals surface area contributed by atoms with Gasteiger partial charge in [0.1, 0.15) is 18.5 Å². The van der Waals surface area contributed by atoms with Crippen molar-refractivity contribution in [2.24, 2.45) is 0 Å². The summed E-state index contributed by atoms with van der Waals surface area (Å²) < 4.78 is 5.92. The molecule has 1 N–H and O–H groups in total. The standard InChI is InChI=1S/C29H34N2O2/c32-27(22-33-28-15-14-23-12-7-13-26(23)20-28)21-30-16-18-31(19-17-30)29(24-8-3-1-4-9-24)25-10-5-2-6-11-25/h1-6,8-11,14-15,20,27,29,32H,7,12-13,16-19,21-22H2/t27-/m1/s1. The summed E-state index contributed by atoms with van der Waals surface area (Å²) in [5.41, 5.74) is 5.52. The fraction of sp³-hybridized carbons (Fsp3) is 0.379. The summed E-state index contributed by atoms with van der Waals surface area (Å²) in [6, 6.07) is 28.2. The maximum Gasteiger partial charge on any atom is 0.119 e. The molecule has 5 rings (SSSR count). The maximum atomic E-state index is 10.6. The van der Waals surface area contributed by atoms with E-state index in [0.717, 1.165) is 38.3 Å². The molecule has 0 aromatic heterocycles. The third kappa shape index (κ3) is 5.47. The van der Waals surface area contributed by atoms with Crippen molar-refractivity contribution in [1.82, 2.24) is 9.80 Å². The lowest BCUT2D eigenvalue weighted by molar-refractivity contribution is 0.0400. The monoisotopic (exact) mass is 442 g/mol. The van der Waals surface area contributed by atoms with Gasteiger partial charge in [0.15, 0.2) is 0 Å². The predicted molar refractivity (Wildman–Crippen MR) is 133 cm³/mol. The van der Waals surface area contributed by atoms with Gasteiger partial charge in [-0.3, -0.25) is 9.80 Å². The van der Waals surface area contributed by atoms with E-state index in [9.17, 15) is 5.11 Å². The second kappa shape index (κ2) is 10.5. The fourth-order valence-corrected chi connectivity index (χ4v) is 5.27. The van der Waals surface area contributed by atoms with Gasteiger partial charge in [0.2, 0.25) is 0 Å². The topological polar surface area (TPSA) is 35.9 Å². The summed E-state index contributed by atoms with van der Waals surface area (Å²) in [7, 11) is 0. The predicted octanol–water partition coefficient (Wildman–Crippen LogP) is 4.32. The highest BCUT2D eigenvalue weighted by molar-refractivity contribution is 5.38. The van der Waals surface area contributed by atoms with Crippen LogP contribution in [0.2, 0.25) is 0 Å². The number of rotatable bonds is 8. The van der Waals surface area contributed by atoms with Crippen LogP contribution in [-0.2, 0) is 12.8 Å². The average molecular weight is 443 g/mol. The molecule has 1 atom stereocenters. The van der Waals surface area contributed by atoms with Crippen LogP contribution in [0.15, 0.2) is 78.9 Å². The van der Waals surface area contributed by atoms with Gasteiger partial charge in [0.05, 0.1) is 6.04 Å². The third-order valence-electron chi connectivity index (χ3n) is 6.98. The van der Waals surface area contributed by atoms with E-state index in [1.165, 1.54) is 35.1 Å². The summed E-state index contributed by atoms with van der Waals surface area (Å²) in [6.07, 6.45) is 3.08. The molecular weight excluding hydrogens is 408 g/mol. The number of piperazine rings is 1.